The molecule has 8 nitrogen and oxygen atoms in total. The van der Waals surface area contributed by atoms with Crippen LogP contribution >= 0.6 is 0 Å². The molecule has 0 aliphatic carbocycles. The van der Waals surface area contributed by atoms with Gasteiger partial charge in [-0.1, -0.05) is 36.4 Å². The molecule has 0 saturated carbocycles. The zero-order chi connectivity index (χ0) is 19.4. The molecule has 2 aromatic rings. The molecule has 138 valence electrons. The Kier molecular flexibility index (Phi) is 5.16. The summed E-state index contributed by atoms with van der Waals surface area (Å²) in [7, 11) is 1.26. The minimum atomic E-state index is -0.938. The first-order chi connectivity index (χ1) is 13.0. The summed E-state index contributed by atoms with van der Waals surface area (Å²) < 4.78 is 10.3. The maximum atomic E-state index is 13.0. The molecule has 0 bridgehead atoms. The number of carbonyl (C=O) groups excluding carboxylic acids is 2. The first kappa shape index (κ1) is 18.1. The standard InChI is InChI=1S/C19H16N2O6/c1-26-17(22)8-5-11-20-15-10-9-14(21(24)25)12-16(15)27-18(19(20)23)13-6-3-2-4-7-13/h2-10,12,18H,11H2,1H3. The number of amides is 1. The Bertz CT molecular complexity index is 910. The van der Waals surface area contributed by atoms with Gasteiger partial charge in [-0.15, -0.1) is 0 Å². The van der Waals surface area contributed by atoms with Gasteiger partial charge in [0, 0.05) is 24.3 Å². The fraction of sp³-hybridized carbons (Fsp3) is 0.158. The second kappa shape index (κ2) is 7.69. The molecule has 1 heterocycles. The van der Waals surface area contributed by atoms with Gasteiger partial charge < -0.3 is 14.4 Å². The molecule has 0 aromatic heterocycles. The lowest BCUT2D eigenvalue weighted by atomic mass is 10.1. The van der Waals surface area contributed by atoms with Crippen molar-refractivity contribution in [1.82, 2.24) is 0 Å². The number of methoxy groups -OCH3 is 1. The zero-order valence-corrected chi connectivity index (χ0v) is 14.4. The van der Waals surface area contributed by atoms with Crippen molar-refractivity contribution in [3.63, 3.8) is 0 Å². The lowest BCUT2D eigenvalue weighted by molar-refractivity contribution is -0.384. The molecular weight excluding hydrogens is 352 g/mol. The average molecular weight is 368 g/mol. The van der Waals surface area contributed by atoms with Gasteiger partial charge in [-0.3, -0.25) is 14.9 Å². The molecule has 27 heavy (non-hydrogen) atoms. The molecule has 1 amide bonds. The molecule has 1 aliphatic heterocycles. The third kappa shape index (κ3) is 3.79. The summed E-state index contributed by atoms with van der Waals surface area (Å²) in [4.78, 5) is 36.2. The topological polar surface area (TPSA) is 99.0 Å². The van der Waals surface area contributed by atoms with Crippen molar-refractivity contribution in [1.29, 1.82) is 0 Å². The van der Waals surface area contributed by atoms with Gasteiger partial charge in [0.15, 0.2) is 5.75 Å². The normalized spacial score (nSPS) is 16.0. The summed E-state index contributed by atoms with van der Waals surface area (Å²) >= 11 is 0. The molecule has 0 spiro atoms. The van der Waals surface area contributed by atoms with Crippen molar-refractivity contribution in [3.05, 3.63) is 76.4 Å². The number of rotatable bonds is 5. The van der Waals surface area contributed by atoms with E-state index in [4.69, 9.17) is 4.74 Å². The van der Waals surface area contributed by atoms with Crippen LogP contribution in [0.3, 0.4) is 0 Å². The van der Waals surface area contributed by atoms with Crippen LogP contribution in [0.2, 0.25) is 0 Å². The number of fused-ring (bicyclic) bond motifs is 1. The maximum absolute atomic E-state index is 13.0. The number of hydrogen-bond acceptors (Lipinski definition) is 6. The fourth-order valence-corrected chi connectivity index (χ4v) is 2.72. The van der Waals surface area contributed by atoms with Crippen LogP contribution in [0.5, 0.6) is 5.75 Å². The summed E-state index contributed by atoms with van der Waals surface area (Å²) in [6, 6.07) is 12.9. The van der Waals surface area contributed by atoms with E-state index in [0.717, 1.165) is 0 Å². The largest absolute Gasteiger partial charge is 0.473 e. The first-order valence-corrected chi connectivity index (χ1v) is 8.07. The predicted octanol–water partition coefficient (Wildman–Crippen LogP) is 2.79. The molecule has 3 rings (SSSR count). The number of esters is 1. The Labute approximate surface area is 154 Å². The molecule has 0 saturated heterocycles. The third-order valence-corrected chi connectivity index (χ3v) is 4.03. The second-order valence-electron chi connectivity index (χ2n) is 5.69. The number of hydrogen-bond donors (Lipinski definition) is 0. The number of ether oxygens (including phenoxy) is 2. The Balaban J connectivity index is 2.00. The van der Waals surface area contributed by atoms with Crippen LogP contribution in [-0.4, -0.2) is 30.5 Å². The average Bonchev–Trinajstić information content (AvgIpc) is 2.69. The highest BCUT2D eigenvalue weighted by atomic mass is 16.6. The van der Waals surface area contributed by atoms with Crippen molar-refractivity contribution in [2.24, 2.45) is 0 Å². The van der Waals surface area contributed by atoms with Gasteiger partial charge in [0.2, 0.25) is 6.10 Å². The van der Waals surface area contributed by atoms with E-state index in [1.807, 2.05) is 6.07 Å². The van der Waals surface area contributed by atoms with Crippen LogP contribution < -0.4 is 9.64 Å². The summed E-state index contributed by atoms with van der Waals surface area (Å²) in [6.45, 7) is 0.0887. The van der Waals surface area contributed by atoms with Gasteiger partial charge in [-0.2, -0.15) is 0 Å². The van der Waals surface area contributed by atoms with Gasteiger partial charge in [0.1, 0.15) is 0 Å². The van der Waals surface area contributed by atoms with Crippen LogP contribution in [0.15, 0.2) is 60.7 Å². The Morgan fingerprint density at radius 3 is 2.70 bits per heavy atom. The summed E-state index contributed by atoms with van der Waals surface area (Å²) in [5.41, 5.74) is 0.883. The number of nitro groups is 1. The SMILES string of the molecule is COC(=O)C=CCN1C(=O)C(c2ccccc2)Oc2cc([N+](=O)[O-])ccc21. The Morgan fingerprint density at radius 2 is 2.04 bits per heavy atom. The van der Waals surface area contributed by atoms with Crippen LogP contribution in [-0.2, 0) is 14.3 Å². The zero-order valence-electron chi connectivity index (χ0n) is 14.4. The monoisotopic (exact) mass is 368 g/mol. The number of anilines is 1. The minimum Gasteiger partial charge on any atom is -0.473 e. The van der Waals surface area contributed by atoms with Crippen molar-refractivity contribution in [2.75, 3.05) is 18.6 Å². The van der Waals surface area contributed by atoms with Crippen LogP contribution in [0, 0.1) is 10.1 Å². The van der Waals surface area contributed by atoms with E-state index in [-0.39, 0.29) is 23.9 Å². The first-order valence-electron chi connectivity index (χ1n) is 8.07. The van der Waals surface area contributed by atoms with Gasteiger partial charge in [-0.05, 0) is 6.07 Å². The number of benzene rings is 2. The van der Waals surface area contributed by atoms with Crippen LogP contribution in [0.25, 0.3) is 0 Å². The van der Waals surface area contributed by atoms with Gasteiger partial charge in [0.25, 0.3) is 11.6 Å². The number of non-ortho nitro benzene ring substituents is 1. The summed E-state index contributed by atoms with van der Waals surface area (Å²) in [6.07, 6.45) is 1.76. The van der Waals surface area contributed by atoms with E-state index in [0.29, 0.717) is 11.3 Å². The van der Waals surface area contributed by atoms with E-state index in [1.54, 1.807) is 24.3 Å². The van der Waals surface area contributed by atoms with E-state index in [2.05, 4.69) is 4.74 Å². The van der Waals surface area contributed by atoms with Crippen molar-refractivity contribution in [3.8, 4) is 5.75 Å². The van der Waals surface area contributed by atoms with E-state index >= 15 is 0 Å². The lowest BCUT2D eigenvalue weighted by Gasteiger charge is -2.33. The van der Waals surface area contributed by atoms with Gasteiger partial charge >= 0.3 is 5.97 Å². The van der Waals surface area contributed by atoms with E-state index in [1.165, 1.54) is 42.4 Å². The maximum Gasteiger partial charge on any atom is 0.330 e. The Hall–Kier alpha value is -3.68. The lowest BCUT2D eigenvalue weighted by Crippen LogP contribution is -2.41. The highest BCUT2D eigenvalue weighted by Crippen LogP contribution is 2.40. The molecule has 0 N–H and O–H groups in total. The number of carbonyl (C=O) groups is 2. The molecule has 1 atom stereocenters. The summed E-state index contributed by atoms with van der Waals surface area (Å²) in [5.74, 6) is -0.652. The summed E-state index contributed by atoms with van der Waals surface area (Å²) in [5, 5.41) is 11.1. The second-order valence-corrected chi connectivity index (χ2v) is 5.69. The van der Waals surface area contributed by atoms with Gasteiger partial charge in [0.05, 0.1) is 23.8 Å². The van der Waals surface area contributed by atoms with Crippen molar-refractivity contribution in [2.45, 2.75) is 6.10 Å². The molecule has 1 aliphatic rings. The van der Waals surface area contributed by atoms with Crippen LogP contribution in [0.4, 0.5) is 11.4 Å². The third-order valence-electron chi connectivity index (χ3n) is 4.03. The molecule has 1 unspecified atom stereocenters. The molecule has 0 fully saturated rings. The predicted molar refractivity (Wildman–Crippen MR) is 96.4 cm³/mol. The highest BCUT2D eigenvalue weighted by Gasteiger charge is 2.35. The fourth-order valence-electron chi connectivity index (χ4n) is 2.72. The van der Waals surface area contributed by atoms with Crippen molar-refractivity contribution >= 4 is 23.3 Å². The molecule has 8 heteroatoms. The van der Waals surface area contributed by atoms with Crippen LogP contribution in [0.1, 0.15) is 11.7 Å². The highest BCUT2D eigenvalue weighted by molar-refractivity contribution is 6.01. The van der Waals surface area contributed by atoms with Gasteiger partial charge in [-0.25, -0.2) is 4.79 Å². The number of nitro benzene ring substituents is 1. The molecular formula is C19H16N2O6. The Morgan fingerprint density at radius 1 is 1.30 bits per heavy atom. The quantitative estimate of drug-likeness (QED) is 0.348. The molecule has 0 radical (unpaired) electrons. The van der Waals surface area contributed by atoms with E-state index < -0.39 is 17.0 Å². The number of nitrogens with zero attached hydrogens (tertiary/aromatic N) is 2. The minimum absolute atomic E-state index is 0.0887. The smallest absolute Gasteiger partial charge is 0.330 e. The van der Waals surface area contributed by atoms with E-state index in [9.17, 15) is 19.7 Å². The molecule has 2 aromatic carbocycles. The van der Waals surface area contributed by atoms with Crippen molar-refractivity contribution < 1.29 is 24.0 Å².